The average molecular weight is 319 g/mol. The topological polar surface area (TPSA) is 80.3 Å². The minimum atomic E-state index is -0.472. The van der Waals surface area contributed by atoms with Crippen LogP contribution in [-0.2, 0) is 4.74 Å². The fourth-order valence-electron chi connectivity index (χ4n) is 1.92. The van der Waals surface area contributed by atoms with Crippen LogP contribution in [0.3, 0.4) is 0 Å². The van der Waals surface area contributed by atoms with Crippen LogP contribution in [0.2, 0.25) is 0 Å². The zero-order chi connectivity index (χ0) is 16.1. The number of nitrogens with one attached hydrogen (secondary N) is 2. The number of aromatic nitrogens is 1. The molecule has 0 aliphatic heterocycles. The summed E-state index contributed by atoms with van der Waals surface area (Å²) in [6.07, 6.45) is 3.37. The number of anilines is 1. The Balaban J connectivity index is 2.05. The summed E-state index contributed by atoms with van der Waals surface area (Å²) in [7, 11) is 1.31. The van der Waals surface area contributed by atoms with Crippen molar-refractivity contribution < 1.29 is 14.3 Å². The van der Waals surface area contributed by atoms with E-state index in [1.807, 2.05) is 26.0 Å². The first-order chi connectivity index (χ1) is 10.5. The molecule has 22 heavy (non-hydrogen) atoms. The molecule has 0 aliphatic carbocycles. The van der Waals surface area contributed by atoms with Gasteiger partial charge in [-0.1, -0.05) is 6.07 Å². The first-order valence-electron chi connectivity index (χ1n) is 6.67. The van der Waals surface area contributed by atoms with Crippen molar-refractivity contribution in [1.82, 2.24) is 10.3 Å². The Morgan fingerprint density at radius 1 is 1.41 bits per heavy atom. The normalized spacial score (nSPS) is 11.6. The quantitative estimate of drug-likeness (QED) is 0.849. The predicted molar refractivity (Wildman–Crippen MR) is 85.2 cm³/mol. The third-order valence-electron chi connectivity index (χ3n) is 3.02. The molecule has 116 valence electrons. The standard InChI is InChI=1S/C15H17N3O3S/c1-9-7-12(14(19)21-3)13(22-9)18-15(20)17-10(2)11-5-4-6-16-8-11/h4-8,10H,1-3H3,(H2,17,18,20). The molecule has 0 spiro atoms. The molecule has 2 aromatic heterocycles. The van der Waals surface area contributed by atoms with E-state index in [1.54, 1.807) is 18.5 Å². The minimum Gasteiger partial charge on any atom is -0.465 e. The third-order valence-corrected chi connectivity index (χ3v) is 3.99. The Morgan fingerprint density at radius 3 is 2.82 bits per heavy atom. The summed E-state index contributed by atoms with van der Waals surface area (Å²) >= 11 is 1.32. The van der Waals surface area contributed by atoms with Crippen molar-refractivity contribution in [2.75, 3.05) is 12.4 Å². The number of ether oxygens (including phenoxy) is 1. The van der Waals surface area contributed by atoms with Gasteiger partial charge in [0.05, 0.1) is 18.7 Å². The Hall–Kier alpha value is -2.41. The zero-order valence-corrected chi connectivity index (χ0v) is 13.4. The number of pyridine rings is 1. The summed E-state index contributed by atoms with van der Waals surface area (Å²) in [5.41, 5.74) is 1.25. The SMILES string of the molecule is COC(=O)c1cc(C)sc1NC(=O)NC(C)c1cccnc1. The molecule has 2 aromatic rings. The van der Waals surface area contributed by atoms with Gasteiger partial charge >= 0.3 is 12.0 Å². The van der Waals surface area contributed by atoms with Crippen LogP contribution in [0, 0.1) is 6.92 Å². The Morgan fingerprint density at radius 2 is 2.18 bits per heavy atom. The lowest BCUT2D eigenvalue weighted by molar-refractivity contribution is 0.0602. The number of urea groups is 1. The summed E-state index contributed by atoms with van der Waals surface area (Å²) in [4.78, 5) is 28.7. The van der Waals surface area contributed by atoms with Crippen molar-refractivity contribution in [1.29, 1.82) is 0 Å². The van der Waals surface area contributed by atoms with Gasteiger partial charge in [0, 0.05) is 17.3 Å². The highest BCUT2D eigenvalue weighted by Gasteiger charge is 2.18. The molecular formula is C15H17N3O3S. The number of nitrogens with zero attached hydrogens (tertiary/aromatic N) is 1. The van der Waals surface area contributed by atoms with E-state index in [0.717, 1.165) is 10.4 Å². The molecule has 0 saturated carbocycles. The molecule has 2 rings (SSSR count). The monoisotopic (exact) mass is 319 g/mol. The maximum atomic E-state index is 12.1. The molecule has 2 N–H and O–H groups in total. The van der Waals surface area contributed by atoms with Gasteiger partial charge in [0.1, 0.15) is 5.00 Å². The molecule has 2 heterocycles. The van der Waals surface area contributed by atoms with Gasteiger partial charge in [-0.2, -0.15) is 0 Å². The van der Waals surface area contributed by atoms with E-state index >= 15 is 0 Å². The van der Waals surface area contributed by atoms with Gasteiger partial charge in [-0.05, 0) is 31.5 Å². The molecule has 6 nitrogen and oxygen atoms in total. The summed E-state index contributed by atoms with van der Waals surface area (Å²) < 4.78 is 4.71. The number of thiophene rings is 1. The number of esters is 1. The van der Waals surface area contributed by atoms with Crippen molar-refractivity contribution in [3.05, 3.63) is 46.6 Å². The summed E-state index contributed by atoms with van der Waals surface area (Å²) in [5, 5.41) is 5.97. The van der Waals surface area contributed by atoms with Gasteiger partial charge in [0.2, 0.25) is 0 Å². The van der Waals surface area contributed by atoms with E-state index < -0.39 is 5.97 Å². The summed E-state index contributed by atoms with van der Waals surface area (Å²) in [6.45, 7) is 3.72. The van der Waals surface area contributed by atoms with E-state index in [2.05, 4.69) is 15.6 Å². The lowest BCUT2D eigenvalue weighted by Crippen LogP contribution is -2.31. The Bertz CT molecular complexity index is 670. The molecule has 0 aromatic carbocycles. The Labute approximate surface area is 132 Å². The molecule has 0 aliphatic rings. The molecule has 0 bridgehead atoms. The fraction of sp³-hybridized carbons (Fsp3) is 0.267. The number of hydrogen-bond donors (Lipinski definition) is 2. The van der Waals surface area contributed by atoms with Crippen LogP contribution in [0.1, 0.15) is 33.8 Å². The number of carbonyl (C=O) groups is 2. The van der Waals surface area contributed by atoms with E-state index in [9.17, 15) is 9.59 Å². The number of methoxy groups -OCH3 is 1. The first kappa shape index (κ1) is 16.0. The van der Waals surface area contributed by atoms with Crippen LogP contribution in [0.25, 0.3) is 0 Å². The molecule has 1 unspecified atom stereocenters. The van der Waals surface area contributed by atoms with Gasteiger partial charge in [0.15, 0.2) is 0 Å². The van der Waals surface area contributed by atoms with Crippen molar-refractivity contribution in [3.63, 3.8) is 0 Å². The smallest absolute Gasteiger partial charge is 0.340 e. The number of amides is 2. The van der Waals surface area contributed by atoms with E-state index in [4.69, 9.17) is 4.74 Å². The summed E-state index contributed by atoms with van der Waals surface area (Å²) in [6, 6.07) is 4.80. The number of rotatable bonds is 4. The van der Waals surface area contributed by atoms with Crippen LogP contribution in [0.15, 0.2) is 30.6 Å². The van der Waals surface area contributed by atoms with Crippen LogP contribution in [0.5, 0.6) is 0 Å². The van der Waals surface area contributed by atoms with Crippen LogP contribution in [0.4, 0.5) is 9.80 Å². The lowest BCUT2D eigenvalue weighted by atomic mass is 10.1. The Kier molecular flexibility index (Phi) is 5.11. The van der Waals surface area contributed by atoms with Crippen molar-refractivity contribution >= 4 is 28.3 Å². The maximum absolute atomic E-state index is 12.1. The number of hydrogen-bond acceptors (Lipinski definition) is 5. The van der Waals surface area contributed by atoms with Gasteiger partial charge in [-0.25, -0.2) is 9.59 Å². The highest BCUT2D eigenvalue weighted by atomic mass is 32.1. The highest BCUT2D eigenvalue weighted by molar-refractivity contribution is 7.16. The van der Waals surface area contributed by atoms with Gasteiger partial charge < -0.3 is 10.1 Å². The lowest BCUT2D eigenvalue weighted by Gasteiger charge is -2.14. The zero-order valence-electron chi connectivity index (χ0n) is 12.5. The summed E-state index contributed by atoms with van der Waals surface area (Å²) in [5.74, 6) is -0.472. The number of carbonyl (C=O) groups excluding carboxylic acids is 2. The second kappa shape index (κ2) is 7.04. The van der Waals surface area contributed by atoms with Crippen LogP contribution >= 0.6 is 11.3 Å². The second-order valence-electron chi connectivity index (χ2n) is 4.70. The minimum absolute atomic E-state index is 0.198. The predicted octanol–water partition coefficient (Wildman–Crippen LogP) is 3.12. The molecule has 0 radical (unpaired) electrons. The van der Waals surface area contributed by atoms with Gasteiger partial charge in [0.25, 0.3) is 0 Å². The molecule has 0 saturated heterocycles. The second-order valence-corrected chi connectivity index (χ2v) is 5.95. The first-order valence-corrected chi connectivity index (χ1v) is 7.49. The van der Waals surface area contributed by atoms with Crippen molar-refractivity contribution in [3.8, 4) is 0 Å². The highest BCUT2D eigenvalue weighted by Crippen LogP contribution is 2.28. The number of aryl methyl sites for hydroxylation is 1. The third kappa shape index (κ3) is 3.82. The molecule has 0 fully saturated rings. The molecule has 2 amide bonds. The maximum Gasteiger partial charge on any atom is 0.340 e. The van der Waals surface area contributed by atoms with Crippen LogP contribution in [-0.4, -0.2) is 24.1 Å². The van der Waals surface area contributed by atoms with Gasteiger partial charge in [-0.3, -0.25) is 10.3 Å². The largest absolute Gasteiger partial charge is 0.465 e. The van der Waals surface area contributed by atoms with Gasteiger partial charge in [-0.15, -0.1) is 11.3 Å². The van der Waals surface area contributed by atoms with Crippen molar-refractivity contribution in [2.24, 2.45) is 0 Å². The molecule has 7 heteroatoms. The van der Waals surface area contributed by atoms with E-state index in [1.165, 1.54) is 18.4 Å². The average Bonchev–Trinajstić information content (AvgIpc) is 2.87. The van der Waals surface area contributed by atoms with Crippen molar-refractivity contribution in [2.45, 2.75) is 19.9 Å². The van der Waals surface area contributed by atoms with E-state index in [0.29, 0.717) is 10.6 Å². The van der Waals surface area contributed by atoms with Crippen LogP contribution < -0.4 is 10.6 Å². The fourth-order valence-corrected chi connectivity index (χ4v) is 2.81. The van der Waals surface area contributed by atoms with E-state index in [-0.39, 0.29) is 12.1 Å². The molecular weight excluding hydrogens is 302 g/mol. The molecule has 1 atom stereocenters.